The molecule has 0 spiro atoms. The lowest BCUT2D eigenvalue weighted by Gasteiger charge is -2.17. The van der Waals surface area contributed by atoms with Crippen LogP contribution >= 0.6 is 0 Å². The molecule has 0 radical (unpaired) electrons. The third kappa shape index (κ3) is 3.14. The van der Waals surface area contributed by atoms with Gasteiger partial charge in [-0.05, 0) is 31.9 Å². The average Bonchev–Trinajstić information content (AvgIpc) is 3.25. The van der Waals surface area contributed by atoms with Crippen LogP contribution in [0.15, 0.2) is 34.9 Å². The second-order valence-electron chi connectivity index (χ2n) is 6.22. The summed E-state index contributed by atoms with van der Waals surface area (Å²) in [5.41, 5.74) is 0.988. The van der Waals surface area contributed by atoms with E-state index in [9.17, 15) is 4.79 Å². The second-order valence-corrected chi connectivity index (χ2v) is 6.22. The van der Waals surface area contributed by atoms with Crippen LogP contribution in [0.25, 0.3) is 11.3 Å². The number of methoxy groups -OCH3 is 2. The Morgan fingerprint density at radius 3 is 2.83 bits per heavy atom. The van der Waals surface area contributed by atoms with Gasteiger partial charge in [0.15, 0.2) is 5.76 Å². The number of carbonyl (C=O) groups excluding carboxylic acids is 1. The highest BCUT2D eigenvalue weighted by molar-refractivity contribution is 5.91. The van der Waals surface area contributed by atoms with E-state index in [0.29, 0.717) is 18.1 Å². The van der Waals surface area contributed by atoms with Crippen molar-refractivity contribution >= 4 is 5.91 Å². The molecule has 1 N–H and O–H groups in total. The maximum Gasteiger partial charge on any atom is 0.232 e. The van der Waals surface area contributed by atoms with Crippen molar-refractivity contribution in [2.24, 2.45) is 0 Å². The lowest BCUT2D eigenvalue weighted by Crippen LogP contribution is -2.42. The zero-order chi connectivity index (χ0) is 17.2. The molecule has 1 aliphatic carbocycles. The number of hydrogen-bond acceptors (Lipinski definition) is 5. The zero-order valence-electron chi connectivity index (χ0n) is 14.2. The first kappa shape index (κ1) is 16.5. The summed E-state index contributed by atoms with van der Waals surface area (Å²) >= 11 is 0. The topological polar surface area (TPSA) is 73.6 Å². The van der Waals surface area contributed by atoms with Gasteiger partial charge in [0.1, 0.15) is 5.75 Å². The minimum Gasteiger partial charge on any atom is -0.497 e. The van der Waals surface area contributed by atoms with Crippen LogP contribution < -0.4 is 10.1 Å². The molecule has 24 heavy (non-hydrogen) atoms. The average molecular weight is 330 g/mol. The molecule has 1 fully saturated rings. The third-order valence-corrected chi connectivity index (χ3v) is 4.33. The van der Waals surface area contributed by atoms with E-state index < -0.39 is 5.41 Å². The first-order valence-electron chi connectivity index (χ1n) is 8.00. The molecular weight excluding hydrogens is 308 g/mol. The molecule has 1 amide bonds. The summed E-state index contributed by atoms with van der Waals surface area (Å²) in [6, 6.07) is 9.38. The molecule has 1 atom stereocenters. The minimum atomic E-state index is -0.567. The SMILES string of the molecule is COCC(C)NC(=O)C1(c2cc(-c3cccc(OC)c3)on2)CC1. The van der Waals surface area contributed by atoms with E-state index in [1.807, 2.05) is 37.3 Å². The van der Waals surface area contributed by atoms with Crippen molar-refractivity contribution in [1.82, 2.24) is 10.5 Å². The molecular formula is C18H22N2O4. The highest BCUT2D eigenvalue weighted by Crippen LogP contribution is 2.48. The molecule has 1 heterocycles. The lowest BCUT2D eigenvalue weighted by molar-refractivity contribution is -0.124. The third-order valence-electron chi connectivity index (χ3n) is 4.33. The molecule has 0 aliphatic heterocycles. The van der Waals surface area contributed by atoms with Gasteiger partial charge in [-0.1, -0.05) is 17.3 Å². The molecule has 1 saturated carbocycles. The number of amides is 1. The van der Waals surface area contributed by atoms with Gasteiger partial charge in [-0.25, -0.2) is 0 Å². The first-order chi connectivity index (χ1) is 11.6. The molecule has 3 rings (SSSR count). The number of carbonyl (C=O) groups is 1. The van der Waals surface area contributed by atoms with Crippen molar-refractivity contribution in [3.8, 4) is 17.1 Å². The number of hydrogen-bond donors (Lipinski definition) is 1. The molecule has 1 aliphatic rings. The summed E-state index contributed by atoms with van der Waals surface area (Å²) in [6.07, 6.45) is 1.56. The zero-order valence-corrected chi connectivity index (χ0v) is 14.2. The predicted molar refractivity (Wildman–Crippen MR) is 88.9 cm³/mol. The normalized spacial score (nSPS) is 16.5. The highest BCUT2D eigenvalue weighted by atomic mass is 16.5. The van der Waals surface area contributed by atoms with Crippen LogP contribution in [0.3, 0.4) is 0 Å². The Bertz CT molecular complexity index is 721. The van der Waals surface area contributed by atoms with Gasteiger partial charge in [0.05, 0.1) is 24.8 Å². The number of benzene rings is 1. The van der Waals surface area contributed by atoms with Gasteiger partial charge in [-0.3, -0.25) is 4.79 Å². The summed E-state index contributed by atoms with van der Waals surface area (Å²) in [5, 5.41) is 7.13. The van der Waals surface area contributed by atoms with Crippen LogP contribution in [0.1, 0.15) is 25.5 Å². The number of rotatable bonds is 7. The second kappa shape index (κ2) is 6.65. The molecule has 0 saturated heterocycles. The Kier molecular flexibility index (Phi) is 4.57. The Hall–Kier alpha value is -2.34. The summed E-state index contributed by atoms with van der Waals surface area (Å²) in [6.45, 7) is 2.40. The summed E-state index contributed by atoms with van der Waals surface area (Å²) < 4.78 is 15.8. The molecule has 1 unspecified atom stereocenters. The van der Waals surface area contributed by atoms with Crippen LogP contribution in [0, 0.1) is 0 Å². The molecule has 1 aromatic carbocycles. The standard InChI is InChI=1S/C18H22N2O4/c1-12(11-22-2)19-17(21)18(7-8-18)16-10-15(24-20-16)13-5-4-6-14(9-13)23-3/h4-6,9-10,12H,7-8,11H2,1-3H3,(H,19,21). The summed E-state index contributed by atoms with van der Waals surface area (Å²) in [7, 11) is 3.24. The van der Waals surface area contributed by atoms with Crippen LogP contribution in [0.5, 0.6) is 5.75 Å². The van der Waals surface area contributed by atoms with Crippen molar-refractivity contribution in [2.45, 2.75) is 31.2 Å². The molecule has 6 heteroatoms. The lowest BCUT2D eigenvalue weighted by atomic mass is 10.00. The molecule has 128 valence electrons. The van der Waals surface area contributed by atoms with E-state index in [1.165, 1.54) is 0 Å². The van der Waals surface area contributed by atoms with Gasteiger partial charge >= 0.3 is 0 Å². The van der Waals surface area contributed by atoms with Gasteiger partial charge in [0, 0.05) is 24.8 Å². The predicted octanol–water partition coefficient (Wildman–Crippen LogP) is 2.53. The van der Waals surface area contributed by atoms with E-state index in [2.05, 4.69) is 10.5 Å². The number of ether oxygens (including phenoxy) is 2. The Morgan fingerprint density at radius 1 is 1.38 bits per heavy atom. The van der Waals surface area contributed by atoms with Crippen molar-refractivity contribution in [1.29, 1.82) is 0 Å². The van der Waals surface area contributed by atoms with Gasteiger partial charge in [0.25, 0.3) is 0 Å². The Balaban J connectivity index is 1.78. The van der Waals surface area contributed by atoms with Crippen LogP contribution in [-0.2, 0) is 14.9 Å². The van der Waals surface area contributed by atoms with Gasteiger partial charge in [-0.15, -0.1) is 0 Å². The molecule has 1 aromatic heterocycles. The van der Waals surface area contributed by atoms with E-state index in [1.54, 1.807) is 14.2 Å². The highest BCUT2D eigenvalue weighted by Gasteiger charge is 2.54. The molecule has 6 nitrogen and oxygen atoms in total. The maximum atomic E-state index is 12.6. The van der Waals surface area contributed by atoms with E-state index in [-0.39, 0.29) is 11.9 Å². The Labute approximate surface area is 141 Å². The van der Waals surface area contributed by atoms with E-state index >= 15 is 0 Å². The number of nitrogens with one attached hydrogen (secondary N) is 1. The van der Waals surface area contributed by atoms with Crippen molar-refractivity contribution in [3.05, 3.63) is 36.0 Å². The van der Waals surface area contributed by atoms with Gasteiger partial charge in [-0.2, -0.15) is 0 Å². The van der Waals surface area contributed by atoms with Crippen molar-refractivity contribution in [3.63, 3.8) is 0 Å². The quantitative estimate of drug-likeness (QED) is 0.844. The largest absolute Gasteiger partial charge is 0.497 e. The Morgan fingerprint density at radius 2 is 2.17 bits per heavy atom. The maximum absolute atomic E-state index is 12.6. The number of nitrogens with zero attached hydrogens (tertiary/aromatic N) is 1. The van der Waals surface area contributed by atoms with Gasteiger partial charge in [0.2, 0.25) is 5.91 Å². The fraction of sp³-hybridized carbons (Fsp3) is 0.444. The van der Waals surface area contributed by atoms with Crippen LogP contribution in [0.4, 0.5) is 0 Å². The van der Waals surface area contributed by atoms with Gasteiger partial charge < -0.3 is 19.3 Å². The summed E-state index contributed by atoms with van der Waals surface area (Å²) in [5.74, 6) is 1.36. The van der Waals surface area contributed by atoms with E-state index in [4.69, 9.17) is 14.0 Å². The fourth-order valence-electron chi connectivity index (χ4n) is 2.79. The summed E-state index contributed by atoms with van der Waals surface area (Å²) in [4.78, 5) is 12.6. The van der Waals surface area contributed by atoms with Crippen molar-refractivity contribution < 1.29 is 18.8 Å². The number of aromatic nitrogens is 1. The molecule has 0 bridgehead atoms. The monoisotopic (exact) mass is 330 g/mol. The first-order valence-corrected chi connectivity index (χ1v) is 8.00. The molecule has 2 aromatic rings. The van der Waals surface area contributed by atoms with E-state index in [0.717, 1.165) is 24.2 Å². The fourth-order valence-corrected chi connectivity index (χ4v) is 2.79. The van der Waals surface area contributed by atoms with Crippen LogP contribution in [0.2, 0.25) is 0 Å². The minimum absolute atomic E-state index is 0.0162. The van der Waals surface area contributed by atoms with Crippen molar-refractivity contribution in [2.75, 3.05) is 20.8 Å². The van der Waals surface area contributed by atoms with Crippen LogP contribution in [-0.4, -0.2) is 37.9 Å². The smallest absolute Gasteiger partial charge is 0.232 e.